The second-order valence-corrected chi connectivity index (χ2v) is 12.5. The van der Waals surface area contributed by atoms with Gasteiger partial charge in [-0.25, -0.2) is 10.2 Å². The van der Waals surface area contributed by atoms with E-state index in [1.54, 1.807) is 30.3 Å². The zero-order chi connectivity index (χ0) is 30.0. The number of para-hydroxylation sites is 1. The lowest BCUT2D eigenvalue weighted by molar-refractivity contribution is 0.0729. The van der Waals surface area contributed by atoms with Gasteiger partial charge < -0.3 is 14.5 Å². The van der Waals surface area contributed by atoms with Crippen molar-refractivity contribution in [1.29, 1.82) is 0 Å². The summed E-state index contributed by atoms with van der Waals surface area (Å²) in [6, 6.07) is 21.2. The standard InChI is InChI=1S/C30H18Br2Cl2IN3O4/c1-41-24-10-9-17(33)13-20(24)30(40)42-28-15(11-16(31)12-21(28)32)14-36-38-29(39)27-25(18-5-2-3-7-22(18)34)19-6-4-8-23(35)26(19)37-27/h2-14,37H,1H3,(H,38,39). The van der Waals surface area contributed by atoms with Crippen molar-refractivity contribution in [2.75, 3.05) is 7.11 Å². The van der Waals surface area contributed by atoms with E-state index in [2.05, 4.69) is 70.0 Å². The summed E-state index contributed by atoms with van der Waals surface area (Å²) in [5.41, 5.74) is 5.62. The highest BCUT2D eigenvalue weighted by Gasteiger charge is 2.22. The number of carbonyl (C=O) groups excluding carboxylic acids is 2. The molecular weight excluding hydrogens is 824 g/mol. The molecule has 0 fully saturated rings. The molecule has 0 aliphatic carbocycles. The van der Waals surface area contributed by atoms with Gasteiger partial charge in [-0.2, -0.15) is 5.10 Å². The molecule has 5 aromatic rings. The molecule has 212 valence electrons. The van der Waals surface area contributed by atoms with Crippen molar-refractivity contribution in [3.8, 4) is 22.6 Å². The van der Waals surface area contributed by atoms with E-state index in [1.165, 1.54) is 19.4 Å². The summed E-state index contributed by atoms with van der Waals surface area (Å²) in [4.78, 5) is 29.8. The molecular formula is C30H18Br2Cl2IN3O4. The number of carbonyl (C=O) groups is 2. The first-order valence-electron chi connectivity index (χ1n) is 12.1. The van der Waals surface area contributed by atoms with E-state index in [1.807, 2.05) is 36.4 Å². The first-order chi connectivity index (χ1) is 20.2. The lowest BCUT2D eigenvalue weighted by Gasteiger charge is -2.12. The largest absolute Gasteiger partial charge is 0.496 e. The van der Waals surface area contributed by atoms with E-state index in [-0.39, 0.29) is 11.3 Å². The van der Waals surface area contributed by atoms with Crippen LogP contribution in [0, 0.1) is 3.57 Å². The summed E-state index contributed by atoms with van der Waals surface area (Å²) in [5, 5.41) is 5.90. The number of H-pyrrole nitrogens is 1. The Morgan fingerprint density at radius 1 is 1.02 bits per heavy atom. The Balaban J connectivity index is 1.47. The molecule has 0 spiro atoms. The number of hydrogen-bond acceptors (Lipinski definition) is 5. The smallest absolute Gasteiger partial charge is 0.347 e. The number of aromatic amines is 1. The Labute approximate surface area is 281 Å². The number of methoxy groups -OCH3 is 1. The van der Waals surface area contributed by atoms with Crippen LogP contribution in [0.25, 0.3) is 22.0 Å². The molecule has 12 heteroatoms. The molecule has 0 bridgehead atoms. The first kappa shape index (κ1) is 30.6. The highest BCUT2D eigenvalue weighted by Crippen LogP contribution is 2.38. The number of rotatable bonds is 7. The van der Waals surface area contributed by atoms with Crippen LogP contribution in [0.3, 0.4) is 0 Å². The van der Waals surface area contributed by atoms with Gasteiger partial charge >= 0.3 is 5.97 Å². The zero-order valence-electron chi connectivity index (χ0n) is 21.5. The molecule has 2 N–H and O–H groups in total. The lowest BCUT2D eigenvalue weighted by Crippen LogP contribution is -2.19. The molecule has 1 heterocycles. The van der Waals surface area contributed by atoms with E-state index in [4.69, 9.17) is 32.7 Å². The number of hydrazone groups is 1. The molecule has 0 atom stereocenters. The summed E-state index contributed by atoms with van der Waals surface area (Å²) in [5.74, 6) is -0.680. The third kappa shape index (κ3) is 6.37. The van der Waals surface area contributed by atoms with Gasteiger partial charge in [0.25, 0.3) is 5.91 Å². The molecule has 1 amide bonds. The van der Waals surface area contributed by atoms with Crippen LogP contribution in [0.2, 0.25) is 10.0 Å². The minimum Gasteiger partial charge on any atom is -0.496 e. The monoisotopic (exact) mass is 839 g/mol. The summed E-state index contributed by atoms with van der Waals surface area (Å²) in [6.45, 7) is 0. The Morgan fingerprint density at radius 2 is 1.81 bits per heavy atom. The Kier molecular flexibility index (Phi) is 9.58. The second kappa shape index (κ2) is 13.2. The molecule has 0 saturated heterocycles. The van der Waals surface area contributed by atoms with Gasteiger partial charge in [-0.3, -0.25) is 4.79 Å². The fourth-order valence-electron chi connectivity index (χ4n) is 4.28. The maximum Gasteiger partial charge on any atom is 0.347 e. The van der Waals surface area contributed by atoms with Gasteiger partial charge in [0.15, 0.2) is 5.75 Å². The van der Waals surface area contributed by atoms with Crippen LogP contribution in [0.1, 0.15) is 26.4 Å². The zero-order valence-corrected chi connectivity index (χ0v) is 28.3. The predicted octanol–water partition coefficient (Wildman–Crippen LogP) is 9.26. The van der Waals surface area contributed by atoms with Crippen molar-refractivity contribution >= 4 is 107 Å². The van der Waals surface area contributed by atoms with Crippen molar-refractivity contribution in [3.63, 3.8) is 0 Å². The number of hydrogen-bond donors (Lipinski definition) is 2. The van der Waals surface area contributed by atoms with Crippen LogP contribution in [-0.2, 0) is 0 Å². The number of amides is 1. The fraction of sp³-hybridized carbons (Fsp3) is 0.0333. The first-order valence-corrected chi connectivity index (χ1v) is 15.5. The van der Waals surface area contributed by atoms with Gasteiger partial charge in [-0.15, -0.1) is 0 Å². The molecule has 0 unspecified atom stereocenters. The third-order valence-electron chi connectivity index (χ3n) is 6.14. The molecule has 5 rings (SSSR count). The van der Waals surface area contributed by atoms with Gasteiger partial charge in [0.1, 0.15) is 17.0 Å². The minimum absolute atomic E-state index is 0.150. The van der Waals surface area contributed by atoms with Crippen molar-refractivity contribution < 1.29 is 19.1 Å². The van der Waals surface area contributed by atoms with Gasteiger partial charge in [0.2, 0.25) is 0 Å². The van der Waals surface area contributed by atoms with E-state index in [0.717, 1.165) is 14.5 Å². The summed E-state index contributed by atoms with van der Waals surface area (Å²) < 4.78 is 13.1. The fourth-order valence-corrected chi connectivity index (χ4v) is 6.66. The summed E-state index contributed by atoms with van der Waals surface area (Å²) in [6.07, 6.45) is 1.38. The Hall–Kier alpha value is -2.90. The topological polar surface area (TPSA) is 92.8 Å². The van der Waals surface area contributed by atoms with Crippen molar-refractivity contribution in [3.05, 3.63) is 112 Å². The van der Waals surface area contributed by atoms with Crippen molar-refractivity contribution in [2.45, 2.75) is 0 Å². The number of fused-ring (bicyclic) bond motifs is 1. The molecule has 0 saturated carbocycles. The van der Waals surface area contributed by atoms with Gasteiger partial charge in [0, 0.05) is 40.2 Å². The van der Waals surface area contributed by atoms with Gasteiger partial charge in [0.05, 0.1) is 23.3 Å². The maximum atomic E-state index is 13.5. The number of ether oxygens (including phenoxy) is 2. The highest BCUT2D eigenvalue weighted by molar-refractivity contribution is 14.1. The number of aromatic nitrogens is 1. The minimum atomic E-state index is -0.687. The van der Waals surface area contributed by atoms with E-state index < -0.39 is 11.9 Å². The second-order valence-electron chi connectivity index (χ2n) is 8.76. The molecule has 42 heavy (non-hydrogen) atoms. The third-order valence-corrected chi connectivity index (χ3v) is 8.65. The highest BCUT2D eigenvalue weighted by atomic mass is 127. The molecule has 1 aromatic heterocycles. The average molecular weight is 842 g/mol. The normalized spacial score (nSPS) is 11.2. The van der Waals surface area contributed by atoms with Crippen LogP contribution in [0.15, 0.2) is 86.8 Å². The molecule has 0 aliphatic heterocycles. The van der Waals surface area contributed by atoms with Gasteiger partial charge in [-0.1, -0.05) is 69.5 Å². The lowest BCUT2D eigenvalue weighted by atomic mass is 10.0. The van der Waals surface area contributed by atoms with Crippen molar-refractivity contribution in [1.82, 2.24) is 10.4 Å². The predicted molar refractivity (Wildman–Crippen MR) is 181 cm³/mol. The number of esters is 1. The summed E-state index contributed by atoms with van der Waals surface area (Å²) in [7, 11) is 1.45. The molecule has 7 nitrogen and oxygen atoms in total. The number of nitrogens with one attached hydrogen (secondary N) is 2. The SMILES string of the molecule is COc1ccc(Cl)cc1C(=O)Oc1c(Br)cc(Br)cc1C=NNC(=O)c1[nH]c2c(I)cccc2c1-c1ccccc1Cl. The maximum absolute atomic E-state index is 13.5. The van der Waals surface area contributed by atoms with Crippen LogP contribution >= 0.6 is 77.7 Å². The van der Waals surface area contributed by atoms with Gasteiger partial charge in [-0.05, 0) is 81.0 Å². The molecule has 0 radical (unpaired) electrons. The number of halogens is 5. The number of nitrogens with zero attached hydrogens (tertiary/aromatic N) is 1. The number of benzene rings is 4. The molecule has 0 aliphatic rings. The van der Waals surface area contributed by atoms with Crippen LogP contribution in [0.5, 0.6) is 11.5 Å². The van der Waals surface area contributed by atoms with Crippen LogP contribution in [0.4, 0.5) is 0 Å². The van der Waals surface area contributed by atoms with E-state index in [0.29, 0.717) is 47.1 Å². The molecule has 4 aromatic carbocycles. The van der Waals surface area contributed by atoms with E-state index >= 15 is 0 Å². The Bertz CT molecular complexity index is 1890. The Morgan fingerprint density at radius 3 is 2.57 bits per heavy atom. The van der Waals surface area contributed by atoms with Crippen LogP contribution in [-0.4, -0.2) is 30.2 Å². The van der Waals surface area contributed by atoms with E-state index in [9.17, 15) is 9.59 Å². The average Bonchev–Trinajstić information content (AvgIpc) is 3.35. The summed E-state index contributed by atoms with van der Waals surface area (Å²) >= 11 is 21.7. The van der Waals surface area contributed by atoms with Crippen LogP contribution < -0.4 is 14.9 Å². The van der Waals surface area contributed by atoms with Crippen molar-refractivity contribution in [2.24, 2.45) is 5.10 Å². The quantitative estimate of drug-likeness (QED) is 0.0562.